The van der Waals surface area contributed by atoms with E-state index in [9.17, 15) is 4.79 Å². The van der Waals surface area contributed by atoms with Gasteiger partial charge in [-0.3, -0.25) is 4.79 Å². The smallest absolute Gasteiger partial charge is 0.163 e. The van der Waals surface area contributed by atoms with Gasteiger partial charge in [0.25, 0.3) is 0 Å². The third kappa shape index (κ3) is 3.71. The summed E-state index contributed by atoms with van der Waals surface area (Å²) in [6, 6.07) is 13.0. The van der Waals surface area contributed by atoms with Crippen LogP contribution in [0.3, 0.4) is 0 Å². The molecule has 0 spiro atoms. The molecule has 2 aliphatic rings. The maximum atomic E-state index is 13.3. The van der Waals surface area contributed by atoms with Crippen molar-refractivity contribution in [1.82, 2.24) is 0 Å². The number of Topliss-reactive ketones (excluding diaryl/α,β-unsaturated/α-hetero) is 1. The average molecular weight is 389 g/mol. The van der Waals surface area contributed by atoms with Crippen molar-refractivity contribution in [2.24, 2.45) is 5.41 Å². The van der Waals surface area contributed by atoms with Crippen molar-refractivity contribution in [3.05, 3.63) is 69.9 Å². The van der Waals surface area contributed by atoms with Crippen molar-refractivity contribution >= 4 is 17.2 Å². The highest BCUT2D eigenvalue weighted by molar-refractivity contribution is 6.01. The third-order valence-corrected chi connectivity index (χ3v) is 6.36. The molecular formula is C26H32N2O. The zero-order valence-corrected chi connectivity index (χ0v) is 18.4. The fraction of sp³-hybridized carbons (Fsp3) is 0.423. The number of hydrogen-bond donors (Lipinski definition) is 2. The number of carbonyl (C=O) groups is 1. The Morgan fingerprint density at radius 3 is 2.21 bits per heavy atom. The van der Waals surface area contributed by atoms with Crippen molar-refractivity contribution < 1.29 is 4.79 Å². The lowest BCUT2D eigenvalue weighted by atomic mass is 9.73. The number of carbonyl (C=O) groups excluding carboxylic acids is 1. The number of allylic oxidation sites excluding steroid dienone is 1. The van der Waals surface area contributed by atoms with E-state index in [2.05, 4.69) is 88.6 Å². The van der Waals surface area contributed by atoms with Crippen LogP contribution in [0.15, 0.2) is 47.7 Å². The van der Waals surface area contributed by atoms with Crippen LogP contribution in [0.25, 0.3) is 0 Å². The Bertz CT molecular complexity index is 996. The van der Waals surface area contributed by atoms with E-state index in [1.54, 1.807) is 0 Å². The van der Waals surface area contributed by atoms with E-state index in [0.29, 0.717) is 12.3 Å². The van der Waals surface area contributed by atoms with Gasteiger partial charge in [-0.05, 0) is 66.0 Å². The van der Waals surface area contributed by atoms with Gasteiger partial charge in [-0.1, -0.05) is 52.0 Å². The van der Waals surface area contributed by atoms with Crippen LogP contribution in [0, 0.1) is 19.3 Å². The van der Waals surface area contributed by atoms with Gasteiger partial charge < -0.3 is 10.6 Å². The van der Waals surface area contributed by atoms with E-state index < -0.39 is 0 Å². The molecule has 0 aromatic heterocycles. The Kier molecular flexibility index (Phi) is 4.80. The number of rotatable bonds is 2. The first-order chi connectivity index (χ1) is 13.6. The number of aryl methyl sites for hydroxylation is 2. The fourth-order valence-corrected chi connectivity index (χ4v) is 4.53. The Labute approximate surface area is 174 Å². The minimum absolute atomic E-state index is 0.0286. The number of ketones is 1. The van der Waals surface area contributed by atoms with Gasteiger partial charge >= 0.3 is 0 Å². The summed E-state index contributed by atoms with van der Waals surface area (Å²) in [4.78, 5) is 13.3. The summed E-state index contributed by atoms with van der Waals surface area (Å²) in [7, 11) is 0. The summed E-state index contributed by atoms with van der Waals surface area (Å²) in [6.07, 6.45) is 1.47. The SMILES string of the molecule is Cc1cc2c(cc1C)N[C@H](c1ccc(C(C)C)cc1)C1=C(CC(C)(C)CC1=O)N2. The molecule has 0 unspecified atom stereocenters. The van der Waals surface area contributed by atoms with Gasteiger partial charge in [0.05, 0.1) is 17.4 Å². The Morgan fingerprint density at radius 2 is 1.59 bits per heavy atom. The van der Waals surface area contributed by atoms with E-state index in [-0.39, 0.29) is 17.2 Å². The second-order valence-corrected chi connectivity index (χ2v) is 9.84. The molecule has 0 bridgehead atoms. The lowest BCUT2D eigenvalue weighted by Crippen LogP contribution is -2.31. The number of benzene rings is 2. The molecule has 1 aliphatic carbocycles. The molecule has 0 amide bonds. The summed E-state index contributed by atoms with van der Waals surface area (Å²) in [6.45, 7) is 13.0. The van der Waals surface area contributed by atoms with Crippen molar-refractivity contribution in [2.75, 3.05) is 10.6 Å². The quantitative estimate of drug-likeness (QED) is 0.605. The maximum Gasteiger partial charge on any atom is 0.163 e. The lowest BCUT2D eigenvalue weighted by molar-refractivity contribution is -0.118. The second kappa shape index (κ2) is 7.05. The van der Waals surface area contributed by atoms with Gasteiger partial charge in [-0.15, -0.1) is 0 Å². The summed E-state index contributed by atoms with van der Waals surface area (Å²) < 4.78 is 0. The standard InChI is InChI=1S/C26H32N2O/c1-15(2)18-7-9-19(10-8-18)25-24-22(13-26(5,6)14-23(24)29)27-20-11-16(3)17(4)12-21(20)28-25/h7-12,15,25,27-28H,13-14H2,1-6H3/t25-/m1/s1. The van der Waals surface area contributed by atoms with Crippen LogP contribution in [0.4, 0.5) is 11.4 Å². The highest BCUT2D eigenvalue weighted by Gasteiger charge is 2.38. The van der Waals surface area contributed by atoms with E-state index in [1.165, 1.54) is 16.7 Å². The predicted molar refractivity (Wildman–Crippen MR) is 121 cm³/mol. The zero-order valence-electron chi connectivity index (χ0n) is 18.4. The monoisotopic (exact) mass is 388 g/mol. The topological polar surface area (TPSA) is 41.1 Å². The summed E-state index contributed by atoms with van der Waals surface area (Å²) in [5, 5.41) is 7.35. The molecule has 152 valence electrons. The first-order valence-electron chi connectivity index (χ1n) is 10.7. The molecular weight excluding hydrogens is 356 g/mol. The van der Waals surface area contributed by atoms with Crippen molar-refractivity contribution in [3.63, 3.8) is 0 Å². The number of anilines is 2. The van der Waals surface area contributed by atoms with Gasteiger partial charge in [0, 0.05) is 17.7 Å². The lowest BCUT2D eigenvalue weighted by Gasteiger charge is -2.34. The average Bonchev–Trinajstić information content (AvgIpc) is 2.78. The molecule has 3 heteroatoms. The van der Waals surface area contributed by atoms with Crippen LogP contribution in [0.1, 0.15) is 74.8 Å². The molecule has 0 saturated heterocycles. The fourth-order valence-electron chi connectivity index (χ4n) is 4.53. The van der Waals surface area contributed by atoms with E-state index >= 15 is 0 Å². The van der Waals surface area contributed by atoms with Crippen LogP contribution < -0.4 is 10.6 Å². The molecule has 2 aromatic carbocycles. The minimum Gasteiger partial charge on any atom is -0.372 e. The normalized spacial score (nSPS) is 20.5. The molecule has 0 radical (unpaired) electrons. The van der Waals surface area contributed by atoms with Crippen LogP contribution in [0.5, 0.6) is 0 Å². The van der Waals surface area contributed by atoms with Gasteiger partial charge in [-0.2, -0.15) is 0 Å². The molecule has 4 rings (SSSR count). The zero-order chi connectivity index (χ0) is 20.9. The molecule has 0 fully saturated rings. The molecule has 1 heterocycles. The summed E-state index contributed by atoms with van der Waals surface area (Å²) >= 11 is 0. The Hall–Kier alpha value is -2.55. The predicted octanol–water partition coefficient (Wildman–Crippen LogP) is 6.65. The second-order valence-electron chi connectivity index (χ2n) is 9.84. The third-order valence-electron chi connectivity index (χ3n) is 6.36. The molecule has 2 N–H and O–H groups in total. The maximum absolute atomic E-state index is 13.3. The molecule has 3 nitrogen and oxygen atoms in total. The summed E-state index contributed by atoms with van der Waals surface area (Å²) in [5.41, 5.74) is 9.02. The number of nitrogens with one attached hydrogen (secondary N) is 2. The Balaban J connectivity index is 1.86. The summed E-state index contributed by atoms with van der Waals surface area (Å²) in [5.74, 6) is 0.737. The highest BCUT2D eigenvalue weighted by Crippen LogP contribution is 2.46. The molecule has 1 atom stereocenters. The molecule has 0 saturated carbocycles. The Morgan fingerprint density at radius 1 is 0.966 bits per heavy atom. The molecule has 29 heavy (non-hydrogen) atoms. The van der Waals surface area contributed by atoms with Crippen LogP contribution in [-0.4, -0.2) is 5.78 Å². The first kappa shape index (κ1) is 19.8. The van der Waals surface area contributed by atoms with Crippen LogP contribution in [0.2, 0.25) is 0 Å². The van der Waals surface area contributed by atoms with Crippen molar-refractivity contribution in [1.29, 1.82) is 0 Å². The number of fused-ring (bicyclic) bond motifs is 1. The van der Waals surface area contributed by atoms with Gasteiger partial charge in [0.1, 0.15) is 0 Å². The van der Waals surface area contributed by atoms with Crippen LogP contribution >= 0.6 is 0 Å². The van der Waals surface area contributed by atoms with Crippen molar-refractivity contribution in [3.8, 4) is 0 Å². The van der Waals surface area contributed by atoms with E-state index in [1.807, 2.05) is 0 Å². The van der Waals surface area contributed by atoms with E-state index in [4.69, 9.17) is 0 Å². The minimum atomic E-state index is -0.134. The van der Waals surface area contributed by atoms with Gasteiger partial charge in [-0.25, -0.2) is 0 Å². The highest BCUT2D eigenvalue weighted by atomic mass is 16.1. The van der Waals surface area contributed by atoms with Gasteiger partial charge in [0.15, 0.2) is 5.78 Å². The first-order valence-corrected chi connectivity index (χ1v) is 10.7. The van der Waals surface area contributed by atoms with Gasteiger partial charge in [0.2, 0.25) is 0 Å². The molecule has 1 aliphatic heterocycles. The van der Waals surface area contributed by atoms with Crippen LogP contribution in [-0.2, 0) is 4.79 Å². The van der Waals surface area contributed by atoms with E-state index in [0.717, 1.165) is 34.6 Å². The largest absolute Gasteiger partial charge is 0.372 e. The van der Waals surface area contributed by atoms with Crippen molar-refractivity contribution in [2.45, 2.75) is 66.3 Å². The molecule has 2 aromatic rings. The number of hydrogen-bond acceptors (Lipinski definition) is 3.